The number of benzene rings is 1. The van der Waals surface area contributed by atoms with Crippen LogP contribution in [0.4, 0.5) is 5.69 Å². The lowest BCUT2D eigenvalue weighted by atomic mass is 10.3. The van der Waals surface area contributed by atoms with E-state index in [4.69, 9.17) is 0 Å². The number of para-hydroxylation sites is 1. The smallest absolute Gasteiger partial charge is 0.258 e. The summed E-state index contributed by atoms with van der Waals surface area (Å²) >= 11 is 0.873. The molecule has 0 fully saturated rings. The number of nitro benzene ring substituents is 1. The molecular weight excluding hydrogens is 260 g/mol. The molecule has 0 radical (unpaired) electrons. The third kappa shape index (κ3) is 2.30. The molecule has 2 rings (SSSR count). The predicted octanol–water partition coefficient (Wildman–Crippen LogP) is 1.98. The SMILES string of the molecule is O=[N+]([O-])c1ccccc1Sc1nccn1[N+](=O)[O-]. The Hall–Kier alpha value is -2.42. The van der Waals surface area contributed by atoms with E-state index in [2.05, 4.69) is 4.98 Å². The van der Waals surface area contributed by atoms with Gasteiger partial charge in [0.25, 0.3) is 5.69 Å². The first-order valence-corrected chi connectivity index (χ1v) is 5.50. The topological polar surface area (TPSA) is 104 Å². The maximum absolute atomic E-state index is 10.8. The third-order valence-electron chi connectivity index (χ3n) is 2.03. The third-order valence-corrected chi connectivity index (χ3v) is 3.07. The molecule has 1 aromatic carbocycles. The monoisotopic (exact) mass is 266 g/mol. The second-order valence-corrected chi connectivity index (χ2v) is 4.13. The van der Waals surface area contributed by atoms with Crippen LogP contribution in [0.15, 0.2) is 46.7 Å². The first-order chi connectivity index (χ1) is 8.59. The number of rotatable bonds is 4. The molecular formula is C9H6N4O4S. The van der Waals surface area contributed by atoms with Crippen LogP contribution in [-0.2, 0) is 0 Å². The maximum atomic E-state index is 10.8. The van der Waals surface area contributed by atoms with Crippen LogP contribution in [0.5, 0.6) is 0 Å². The number of nitrogens with zero attached hydrogens (tertiary/aromatic N) is 4. The van der Waals surface area contributed by atoms with Gasteiger partial charge >= 0.3 is 0 Å². The molecule has 2 aromatic rings. The van der Waals surface area contributed by atoms with Gasteiger partial charge in [-0.3, -0.25) is 10.1 Å². The fourth-order valence-electron chi connectivity index (χ4n) is 1.27. The summed E-state index contributed by atoms with van der Waals surface area (Å²) in [6.07, 6.45) is 2.44. The van der Waals surface area contributed by atoms with Crippen LogP contribution >= 0.6 is 11.8 Å². The van der Waals surface area contributed by atoms with Crippen molar-refractivity contribution in [3.8, 4) is 0 Å². The molecule has 0 saturated carbocycles. The molecule has 1 aromatic heterocycles. The van der Waals surface area contributed by atoms with Gasteiger partial charge in [-0.05, 0) is 22.5 Å². The molecule has 0 unspecified atom stereocenters. The second kappa shape index (κ2) is 4.84. The van der Waals surface area contributed by atoms with Crippen molar-refractivity contribution in [3.63, 3.8) is 0 Å². The summed E-state index contributed by atoms with van der Waals surface area (Å²) in [6.45, 7) is 0. The number of hydrogen-bond donors (Lipinski definition) is 0. The van der Waals surface area contributed by atoms with Gasteiger partial charge in [-0.1, -0.05) is 12.1 Å². The van der Waals surface area contributed by atoms with Gasteiger partial charge in [0.2, 0.25) is 5.16 Å². The summed E-state index contributed by atoms with van der Waals surface area (Å²) in [6, 6.07) is 6.00. The molecule has 0 aliphatic heterocycles. The molecule has 0 aliphatic rings. The molecule has 0 atom stereocenters. The predicted molar refractivity (Wildman–Crippen MR) is 61.8 cm³/mol. The van der Waals surface area contributed by atoms with Crippen LogP contribution in [0.3, 0.4) is 0 Å². The van der Waals surface area contributed by atoms with Crippen molar-refractivity contribution in [2.24, 2.45) is 0 Å². The Labute approximate surface area is 105 Å². The molecule has 0 aliphatic carbocycles. The highest BCUT2D eigenvalue weighted by Gasteiger charge is 2.19. The lowest BCUT2D eigenvalue weighted by Gasteiger charge is -2.00. The zero-order valence-electron chi connectivity index (χ0n) is 8.79. The van der Waals surface area contributed by atoms with E-state index in [1.54, 1.807) is 6.07 Å². The van der Waals surface area contributed by atoms with Crippen LogP contribution in [0.2, 0.25) is 0 Å². The summed E-state index contributed by atoms with van der Waals surface area (Å²) in [5, 5.41) is 20.9. The van der Waals surface area contributed by atoms with Crippen molar-refractivity contribution in [1.29, 1.82) is 0 Å². The van der Waals surface area contributed by atoms with Crippen molar-refractivity contribution in [1.82, 2.24) is 9.66 Å². The Kier molecular flexibility index (Phi) is 3.24. The Balaban J connectivity index is 2.37. The molecule has 0 spiro atoms. The normalized spacial score (nSPS) is 10.2. The highest BCUT2D eigenvalue weighted by atomic mass is 32.2. The molecule has 0 amide bonds. The second-order valence-electron chi connectivity index (χ2n) is 3.12. The fourth-order valence-corrected chi connectivity index (χ4v) is 2.20. The van der Waals surface area contributed by atoms with Crippen molar-refractivity contribution in [2.75, 3.05) is 0 Å². The van der Waals surface area contributed by atoms with E-state index in [0.717, 1.165) is 11.8 Å². The van der Waals surface area contributed by atoms with Crippen molar-refractivity contribution in [2.45, 2.75) is 10.1 Å². The van der Waals surface area contributed by atoms with E-state index in [9.17, 15) is 20.2 Å². The van der Waals surface area contributed by atoms with E-state index >= 15 is 0 Å². The van der Waals surface area contributed by atoms with Crippen molar-refractivity contribution >= 4 is 17.4 Å². The molecule has 0 bridgehead atoms. The van der Waals surface area contributed by atoms with Gasteiger partial charge in [0.1, 0.15) is 0 Å². The van der Waals surface area contributed by atoms with Gasteiger partial charge in [-0.2, -0.15) is 0 Å². The van der Waals surface area contributed by atoms with Crippen molar-refractivity contribution in [3.05, 3.63) is 56.9 Å². The summed E-state index contributed by atoms with van der Waals surface area (Å²) in [5.74, 6) is 0. The number of hydrogen-bond acceptors (Lipinski definition) is 6. The van der Waals surface area contributed by atoms with Crippen LogP contribution in [0, 0.1) is 20.2 Å². The molecule has 8 nitrogen and oxygen atoms in total. The summed E-state index contributed by atoms with van der Waals surface area (Å²) < 4.78 is 0.710. The van der Waals surface area contributed by atoms with Crippen LogP contribution < -0.4 is 0 Å². The Morgan fingerprint density at radius 1 is 1.22 bits per heavy atom. The minimum Gasteiger partial charge on any atom is -0.258 e. The van der Waals surface area contributed by atoms with Gasteiger partial charge < -0.3 is 0 Å². The van der Waals surface area contributed by atoms with Crippen LogP contribution in [0.25, 0.3) is 0 Å². The standard InChI is InChI=1S/C9H6N4O4S/c14-12(15)7-3-1-2-4-8(7)18-9-10-5-6-11(9)13(16)17/h1-6H. The lowest BCUT2D eigenvalue weighted by Crippen LogP contribution is -2.08. The first kappa shape index (κ1) is 12.0. The Morgan fingerprint density at radius 3 is 2.61 bits per heavy atom. The van der Waals surface area contributed by atoms with E-state index in [1.165, 1.54) is 30.6 Å². The van der Waals surface area contributed by atoms with Gasteiger partial charge in [0.05, 0.1) is 22.2 Å². The lowest BCUT2D eigenvalue weighted by molar-refractivity contribution is -0.549. The largest absolute Gasteiger partial charge is 0.283 e. The fraction of sp³-hybridized carbons (Fsp3) is 0. The highest BCUT2D eigenvalue weighted by Crippen LogP contribution is 2.33. The quantitative estimate of drug-likeness (QED) is 0.619. The number of imidazole rings is 1. The average molecular weight is 266 g/mol. The highest BCUT2D eigenvalue weighted by molar-refractivity contribution is 7.99. The van der Waals surface area contributed by atoms with Crippen LogP contribution in [-0.4, -0.2) is 19.6 Å². The summed E-state index contributed by atoms with van der Waals surface area (Å²) in [5.41, 5.74) is -0.111. The van der Waals surface area contributed by atoms with Gasteiger partial charge in [0, 0.05) is 6.07 Å². The van der Waals surface area contributed by atoms with Gasteiger partial charge in [-0.15, -0.1) is 0 Å². The number of aromatic nitrogens is 2. The summed E-state index contributed by atoms with van der Waals surface area (Å²) in [7, 11) is 0. The molecule has 0 N–H and O–H groups in total. The van der Waals surface area contributed by atoms with E-state index in [-0.39, 0.29) is 10.8 Å². The van der Waals surface area contributed by atoms with Gasteiger partial charge in [0.15, 0.2) is 5.03 Å². The zero-order chi connectivity index (χ0) is 13.1. The number of nitro groups is 2. The zero-order valence-corrected chi connectivity index (χ0v) is 9.61. The molecule has 92 valence electrons. The molecule has 0 saturated heterocycles. The molecule has 9 heteroatoms. The maximum Gasteiger partial charge on any atom is 0.283 e. The van der Waals surface area contributed by atoms with E-state index < -0.39 is 9.96 Å². The Morgan fingerprint density at radius 2 is 1.94 bits per heavy atom. The minimum absolute atomic E-state index is 0.0642. The first-order valence-electron chi connectivity index (χ1n) is 4.69. The molecule has 18 heavy (non-hydrogen) atoms. The van der Waals surface area contributed by atoms with Gasteiger partial charge in [-0.25, -0.2) is 15.1 Å². The Bertz CT molecular complexity index is 612. The summed E-state index contributed by atoms with van der Waals surface area (Å²) in [4.78, 5) is 25.0. The minimum atomic E-state index is -0.649. The van der Waals surface area contributed by atoms with E-state index in [1.807, 2.05) is 0 Å². The van der Waals surface area contributed by atoms with Crippen LogP contribution in [0.1, 0.15) is 0 Å². The molecule has 1 heterocycles. The average Bonchev–Trinajstić information content (AvgIpc) is 2.77. The van der Waals surface area contributed by atoms with Crippen molar-refractivity contribution < 1.29 is 9.96 Å². The van der Waals surface area contributed by atoms with E-state index in [0.29, 0.717) is 9.57 Å².